The fourth-order valence-corrected chi connectivity index (χ4v) is 3.11. The summed E-state index contributed by atoms with van der Waals surface area (Å²) >= 11 is 0. The van der Waals surface area contributed by atoms with Gasteiger partial charge in [-0.05, 0) is 13.0 Å². The second kappa shape index (κ2) is 5.61. The number of ether oxygens (including phenoxy) is 1. The van der Waals surface area contributed by atoms with Crippen molar-refractivity contribution < 1.29 is 4.74 Å². The molecule has 1 N–H and O–H groups in total. The molecule has 0 amide bonds. The number of hydrogen-bond donors (Lipinski definition) is 1. The second-order valence-corrected chi connectivity index (χ2v) is 5.91. The van der Waals surface area contributed by atoms with E-state index >= 15 is 0 Å². The smallest absolute Gasteiger partial charge is 0.0948 e. The van der Waals surface area contributed by atoms with Crippen LogP contribution in [0, 0.1) is 0 Å². The van der Waals surface area contributed by atoms with Crippen LogP contribution in [-0.4, -0.2) is 60.4 Å². The van der Waals surface area contributed by atoms with E-state index in [-0.39, 0.29) is 5.41 Å². The van der Waals surface area contributed by atoms with Crippen molar-refractivity contribution in [2.75, 3.05) is 45.9 Å². The standard InChI is InChI=1S/C14H24N4O/c1-14(2-3-15-11-14)13-10-16-12-18(13)5-4-17-6-8-19-9-7-17/h10,12,15H,2-9,11H2,1H3. The third-order valence-corrected chi connectivity index (χ3v) is 4.46. The molecule has 0 aliphatic carbocycles. The summed E-state index contributed by atoms with van der Waals surface area (Å²) in [4.78, 5) is 6.84. The molecule has 1 atom stereocenters. The second-order valence-electron chi connectivity index (χ2n) is 5.91. The molecule has 106 valence electrons. The van der Waals surface area contributed by atoms with Crippen molar-refractivity contribution in [3.05, 3.63) is 18.2 Å². The van der Waals surface area contributed by atoms with Gasteiger partial charge in [-0.25, -0.2) is 4.98 Å². The van der Waals surface area contributed by atoms with Crippen molar-refractivity contribution in [3.63, 3.8) is 0 Å². The molecule has 5 nitrogen and oxygen atoms in total. The Hall–Kier alpha value is -0.910. The minimum atomic E-state index is 0.251. The van der Waals surface area contributed by atoms with Crippen molar-refractivity contribution in [3.8, 4) is 0 Å². The van der Waals surface area contributed by atoms with E-state index in [1.165, 1.54) is 12.1 Å². The lowest BCUT2D eigenvalue weighted by molar-refractivity contribution is 0.0362. The third-order valence-electron chi connectivity index (χ3n) is 4.46. The van der Waals surface area contributed by atoms with Crippen molar-refractivity contribution in [2.45, 2.75) is 25.3 Å². The van der Waals surface area contributed by atoms with E-state index in [9.17, 15) is 0 Å². The minimum absolute atomic E-state index is 0.251. The summed E-state index contributed by atoms with van der Waals surface area (Å²) < 4.78 is 7.72. The lowest BCUT2D eigenvalue weighted by Crippen LogP contribution is -2.38. The Bertz CT molecular complexity index is 405. The van der Waals surface area contributed by atoms with E-state index in [0.29, 0.717) is 0 Å². The summed E-state index contributed by atoms with van der Waals surface area (Å²) in [5, 5.41) is 3.47. The Labute approximate surface area is 114 Å². The Kier molecular flexibility index (Phi) is 3.86. The molecule has 0 radical (unpaired) electrons. The zero-order valence-electron chi connectivity index (χ0n) is 11.8. The van der Waals surface area contributed by atoms with E-state index < -0.39 is 0 Å². The van der Waals surface area contributed by atoms with Gasteiger partial charge in [0.2, 0.25) is 0 Å². The van der Waals surface area contributed by atoms with Gasteiger partial charge < -0.3 is 14.6 Å². The Morgan fingerprint density at radius 1 is 1.37 bits per heavy atom. The highest BCUT2D eigenvalue weighted by molar-refractivity contribution is 5.17. The molecule has 1 aromatic rings. The first-order chi connectivity index (χ1) is 9.28. The maximum Gasteiger partial charge on any atom is 0.0948 e. The fourth-order valence-electron chi connectivity index (χ4n) is 3.11. The lowest BCUT2D eigenvalue weighted by atomic mass is 9.86. The van der Waals surface area contributed by atoms with Crippen molar-refractivity contribution in [1.82, 2.24) is 19.8 Å². The third kappa shape index (κ3) is 2.83. The summed E-state index contributed by atoms with van der Waals surface area (Å²) in [5.74, 6) is 0. The number of hydrogen-bond acceptors (Lipinski definition) is 4. The number of imidazole rings is 1. The molecular formula is C14H24N4O. The predicted molar refractivity (Wildman–Crippen MR) is 74.3 cm³/mol. The lowest BCUT2D eigenvalue weighted by Gasteiger charge is -2.28. The molecule has 0 bridgehead atoms. The molecule has 1 unspecified atom stereocenters. The molecule has 5 heteroatoms. The molecule has 2 aliphatic heterocycles. The predicted octanol–water partition coefficient (Wildman–Crippen LogP) is 0.466. The topological polar surface area (TPSA) is 42.3 Å². The first-order valence-corrected chi connectivity index (χ1v) is 7.29. The molecule has 19 heavy (non-hydrogen) atoms. The molecule has 0 saturated carbocycles. The van der Waals surface area contributed by atoms with E-state index in [1.54, 1.807) is 0 Å². The Morgan fingerprint density at radius 3 is 2.95 bits per heavy atom. The quantitative estimate of drug-likeness (QED) is 0.858. The number of nitrogens with zero attached hydrogens (tertiary/aromatic N) is 3. The largest absolute Gasteiger partial charge is 0.379 e. The molecule has 1 aromatic heterocycles. The zero-order chi connectivity index (χ0) is 13.1. The molecule has 0 aromatic carbocycles. The summed E-state index contributed by atoms with van der Waals surface area (Å²) in [7, 11) is 0. The number of morpholine rings is 1. The van der Waals surface area contributed by atoms with Crippen LogP contribution in [0.2, 0.25) is 0 Å². The monoisotopic (exact) mass is 264 g/mol. The van der Waals surface area contributed by atoms with Gasteiger partial charge in [0.15, 0.2) is 0 Å². The average molecular weight is 264 g/mol. The van der Waals surface area contributed by atoms with Crippen molar-refractivity contribution in [1.29, 1.82) is 0 Å². The number of nitrogens with one attached hydrogen (secondary N) is 1. The minimum Gasteiger partial charge on any atom is -0.379 e. The summed E-state index contributed by atoms with van der Waals surface area (Å²) in [6, 6.07) is 0. The number of aromatic nitrogens is 2. The van der Waals surface area contributed by atoms with Gasteiger partial charge in [-0.1, -0.05) is 6.92 Å². The first kappa shape index (κ1) is 13.1. The van der Waals surface area contributed by atoms with Gasteiger partial charge in [-0.15, -0.1) is 0 Å². The van der Waals surface area contributed by atoms with Gasteiger partial charge in [0, 0.05) is 50.0 Å². The van der Waals surface area contributed by atoms with Crippen LogP contribution in [0.3, 0.4) is 0 Å². The van der Waals surface area contributed by atoms with Crippen LogP contribution in [0.25, 0.3) is 0 Å². The van der Waals surface area contributed by atoms with Gasteiger partial charge in [-0.2, -0.15) is 0 Å². The highest BCUT2D eigenvalue weighted by Gasteiger charge is 2.33. The highest BCUT2D eigenvalue weighted by Crippen LogP contribution is 2.29. The van der Waals surface area contributed by atoms with Crippen LogP contribution in [-0.2, 0) is 16.7 Å². The van der Waals surface area contributed by atoms with Gasteiger partial charge in [-0.3, -0.25) is 4.90 Å². The normalized spacial score (nSPS) is 28.9. The molecule has 3 heterocycles. The van der Waals surface area contributed by atoms with Crippen molar-refractivity contribution in [2.24, 2.45) is 0 Å². The summed E-state index contributed by atoms with van der Waals surface area (Å²) in [5.41, 5.74) is 1.63. The summed E-state index contributed by atoms with van der Waals surface area (Å²) in [6.07, 6.45) is 5.24. The van der Waals surface area contributed by atoms with E-state index in [0.717, 1.165) is 52.5 Å². The Morgan fingerprint density at radius 2 is 2.21 bits per heavy atom. The molecule has 0 spiro atoms. The molecular weight excluding hydrogens is 240 g/mol. The molecule has 2 fully saturated rings. The van der Waals surface area contributed by atoms with Crippen LogP contribution < -0.4 is 5.32 Å². The van der Waals surface area contributed by atoms with E-state index in [2.05, 4.69) is 26.7 Å². The SMILES string of the molecule is CC1(c2cncn2CCN2CCOCC2)CCNC1. The maximum atomic E-state index is 5.39. The van der Waals surface area contributed by atoms with Crippen LogP contribution in [0.1, 0.15) is 19.0 Å². The zero-order valence-corrected chi connectivity index (χ0v) is 11.8. The van der Waals surface area contributed by atoms with Gasteiger partial charge in [0.1, 0.15) is 0 Å². The molecule has 3 rings (SSSR count). The van der Waals surface area contributed by atoms with E-state index in [1.807, 2.05) is 12.5 Å². The average Bonchev–Trinajstić information content (AvgIpc) is 3.07. The van der Waals surface area contributed by atoms with Gasteiger partial charge in [0.05, 0.1) is 19.5 Å². The summed E-state index contributed by atoms with van der Waals surface area (Å²) in [6.45, 7) is 10.5. The number of rotatable bonds is 4. The van der Waals surface area contributed by atoms with E-state index in [4.69, 9.17) is 4.74 Å². The van der Waals surface area contributed by atoms with Crippen LogP contribution in [0.15, 0.2) is 12.5 Å². The molecule has 2 aliphatic rings. The first-order valence-electron chi connectivity index (χ1n) is 7.29. The molecule has 2 saturated heterocycles. The highest BCUT2D eigenvalue weighted by atomic mass is 16.5. The maximum absolute atomic E-state index is 5.39. The van der Waals surface area contributed by atoms with Crippen LogP contribution in [0.5, 0.6) is 0 Å². The van der Waals surface area contributed by atoms with Crippen molar-refractivity contribution >= 4 is 0 Å². The fraction of sp³-hybridized carbons (Fsp3) is 0.786. The Balaban J connectivity index is 1.63. The van der Waals surface area contributed by atoms with Crippen LogP contribution >= 0.6 is 0 Å². The van der Waals surface area contributed by atoms with Gasteiger partial charge in [0.25, 0.3) is 0 Å². The van der Waals surface area contributed by atoms with Gasteiger partial charge >= 0.3 is 0 Å². The van der Waals surface area contributed by atoms with Crippen LogP contribution in [0.4, 0.5) is 0 Å².